The first-order chi connectivity index (χ1) is 12.5. The van der Waals surface area contributed by atoms with Gasteiger partial charge in [-0.2, -0.15) is 0 Å². The Hall–Kier alpha value is -2.19. The van der Waals surface area contributed by atoms with Crippen molar-refractivity contribution in [1.29, 1.82) is 0 Å². The summed E-state index contributed by atoms with van der Waals surface area (Å²) in [4.78, 5) is 32.9. The number of nitrogens with one attached hydrogen (secondary N) is 1. The highest BCUT2D eigenvalue weighted by Gasteiger charge is 2.14. The van der Waals surface area contributed by atoms with Crippen LogP contribution in [0.25, 0.3) is 5.69 Å². The molecule has 0 atom stereocenters. The van der Waals surface area contributed by atoms with Gasteiger partial charge in [0.05, 0.1) is 5.69 Å². The number of aromatic nitrogens is 2. The van der Waals surface area contributed by atoms with Gasteiger partial charge < -0.3 is 10.0 Å². The van der Waals surface area contributed by atoms with E-state index in [1.54, 1.807) is 24.3 Å². The van der Waals surface area contributed by atoms with E-state index in [1.165, 1.54) is 6.21 Å². The molecule has 140 valence electrons. The van der Waals surface area contributed by atoms with E-state index in [4.69, 9.17) is 0 Å². The number of halogens is 1. The Morgan fingerprint density at radius 3 is 2.50 bits per heavy atom. The predicted molar refractivity (Wildman–Crippen MR) is 107 cm³/mol. The molecule has 2 aromatic rings. The molecule has 0 spiro atoms. The van der Waals surface area contributed by atoms with Gasteiger partial charge in [0.1, 0.15) is 5.56 Å². The lowest BCUT2D eigenvalue weighted by Gasteiger charge is -2.16. The molecule has 2 N–H and O–H groups in total. The fraction of sp³-hybridized carbons (Fsp3) is 0.389. The topological polar surface area (TPSA) is 90.7 Å². The molecule has 1 heterocycles. The molecule has 0 aliphatic carbocycles. The quantitative estimate of drug-likeness (QED) is 0.503. The molecule has 0 saturated heterocycles. The van der Waals surface area contributed by atoms with Gasteiger partial charge in [0, 0.05) is 17.2 Å². The van der Waals surface area contributed by atoms with Gasteiger partial charge in [-0.25, -0.2) is 9.36 Å². The minimum atomic E-state index is -0.700. The van der Waals surface area contributed by atoms with E-state index in [9.17, 15) is 14.7 Å². The van der Waals surface area contributed by atoms with E-state index in [0.29, 0.717) is 12.2 Å². The number of benzene rings is 1. The third-order valence-electron chi connectivity index (χ3n) is 4.08. The average Bonchev–Trinajstić information content (AvgIpc) is 2.62. The lowest BCUT2D eigenvalue weighted by Crippen LogP contribution is -2.31. The van der Waals surface area contributed by atoms with Crippen molar-refractivity contribution in [1.82, 2.24) is 14.5 Å². The molecule has 8 heteroatoms. The molecule has 0 unspecified atom stereocenters. The standard InChI is InChI=1S/C18H23BrN4O3/c1-3-22(4-2)11-5-10-20-12-15-16(24)21-18(26)23(17(15)25)14-8-6-13(19)7-9-14/h6-9,12,25H,3-5,10-11H2,1-2H3,(H,21,24,26). The molecular formula is C18H23BrN4O3. The normalized spacial score (nSPS) is 11.5. The van der Waals surface area contributed by atoms with Gasteiger partial charge in [0.15, 0.2) is 0 Å². The van der Waals surface area contributed by atoms with Gasteiger partial charge in [0.2, 0.25) is 5.88 Å². The van der Waals surface area contributed by atoms with Crippen molar-refractivity contribution in [3.05, 3.63) is 55.1 Å². The number of H-pyrrole nitrogens is 1. The Morgan fingerprint density at radius 1 is 1.23 bits per heavy atom. The maximum Gasteiger partial charge on any atom is 0.335 e. The van der Waals surface area contributed by atoms with E-state index < -0.39 is 17.1 Å². The minimum absolute atomic E-state index is 0.0321. The highest BCUT2D eigenvalue weighted by Crippen LogP contribution is 2.17. The van der Waals surface area contributed by atoms with E-state index in [0.717, 1.165) is 35.1 Å². The van der Waals surface area contributed by atoms with Crippen LogP contribution >= 0.6 is 15.9 Å². The Balaban J connectivity index is 2.23. The predicted octanol–water partition coefficient (Wildman–Crippen LogP) is 2.14. The molecule has 0 amide bonds. The summed E-state index contributed by atoms with van der Waals surface area (Å²) in [5.74, 6) is -0.423. The zero-order valence-corrected chi connectivity index (χ0v) is 16.5. The fourth-order valence-corrected chi connectivity index (χ4v) is 2.83. The van der Waals surface area contributed by atoms with Crippen molar-refractivity contribution in [3.63, 3.8) is 0 Å². The molecule has 1 aromatic heterocycles. The fourth-order valence-electron chi connectivity index (χ4n) is 2.57. The van der Waals surface area contributed by atoms with Crippen LogP contribution in [0.5, 0.6) is 5.88 Å². The Labute approximate surface area is 160 Å². The number of hydrogen-bond acceptors (Lipinski definition) is 5. The highest BCUT2D eigenvalue weighted by molar-refractivity contribution is 9.10. The Morgan fingerprint density at radius 2 is 1.88 bits per heavy atom. The van der Waals surface area contributed by atoms with Crippen molar-refractivity contribution in [2.45, 2.75) is 20.3 Å². The maximum absolute atomic E-state index is 12.1. The molecule has 0 radical (unpaired) electrons. The summed E-state index contributed by atoms with van der Waals surface area (Å²) >= 11 is 3.32. The van der Waals surface area contributed by atoms with Crippen LogP contribution in [0.3, 0.4) is 0 Å². The minimum Gasteiger partial charge on any atom is -0.493 e. The largest absolute Gasteiger partial charge is 0.493 e. The molecule has 0 saturated carbocycles. The Kier molecular flexibility index (Phi) is 7.35. The first kappa shape index (κ1) is 20.1. The molecular weight excluding hydrogens is 400 g/mol. The second-order valence-corrected chi connectivity index (χ2v) is 6.64. The number of rotatable bonds is 8. The van der Waals surface area contributed by atoms with Gasteiger partial charge in [-0.3, -0.25) is 14.8 Å². The van der Waals surface area contributed by atoms with Gasteiger partial charge in [-0.15, -0.1) is 0 Å². The van der Waals surface area contributed by atoms with Crippen molar-refractivity contribution >= 4 is 22.1 Å². The number of hydrogen-bond donors (Lipinski definition) is 2. The second-order valence-electron chi connectivity index (χ2n) is 5.72. The van der Waals surface area contributed by atoms with E-state index >= 15 is 0 Å². The molecule has 0 aliphatic heterocycles. The van der Waals surface area contributed by atoms with Gasteiger partial charge in [0.25, 0.3) is 5.56 Å². The SMILES string of the molecule is CCN(CC)CCCN=Cc1c(O)n(-c2ccc(Br)cc2)c(=O)[nH]c1=O. The van der Waals surface area contributed by atoms with Crippen LogP contribution < -0.4 is 11.2 Å². The van der Waals surface area contributed by atoms with Crippen molar-refractivity contribution in [3.8, 4) is 11.6 Å². The van der Waals surface area contributed by atoms with Crippen LogP contribution in [0.15, 0.2) is 43.3 Å². The van der Waals surface area contributed by atoms with Crippen LogP contribution in [0, 0.1) is 0 Å². The van der Waals surface area contributed by atoms with Crippen LogP contribution in [-0.2, 0) is 0 Å². The summed E-state index contributed by atoms with van der Waals surface area (Å²) in [5.41, 5.74) is -0.944. The lowest BCUT2D eigenvalue weighted by molar-refractivity contribution is 0.302. The monoisotopic (exact) mass is 422 g/mol. The van der Waals surface area contributed by atoms with Crippen LogP contribution in [0.4, 0.5) is 0 Å². The van der Waals surface area contributed by atoms with Gasteiger partial charge >= 0.3 is 5.69 Å². The summed E-state index contributed by atoms with van der Waals surface area (Å²) in [5, 5.41) is 10.4. The number of aliphatic imine (C=N–C) groups is 1. The number of aromatic amines is 1. The van der Waals surface area contributed by atoms with E-state index in [1.807, 2.05) is 0 Å². The summed E-state index contributed by atoms with van der Waals surface area (Å²) in [6, 6.07) is 6.81. The molecule has 0 aliphatic rings. The van der Waals surface area contributed by atoms with E-state index in [-0.39, 0.29) is 5.56 Å². The van der Waals surface area contributed by atoms with Crippen molar-refractivity contribution < 1.29 is 5.11 Å². The van der Waals surface area contributed by atoms with Gasteiger partial charge in [-0.1, -0.05) is 29.8 Å². The first-order valence-electron chi connectivity index (χ1n) is 8.54. The summed E-state index contributed by atoms with van der Waals surface area (Å²) < 4.78 is 1.89. The molecule has 0 bridgehead atoms. The molecule has 26 heavy (non-hydrogen) atoms. The zero-order chi connectivity index (χ0) is 19.1. The van der Waals surface area contributed by atoms with E-state index in [2.05, 4.69) is 44.7 Å². The highest BCUT2D eigenvalue weighted by atomic mass is 79.9. The van der Waals surface area contributed by atoms with Gasteiger partial charge in [-0.05, 0) is 50.3 Å². The second kappa shape index (κ2) is 9.49. The maximum atomic E-state index is 12.1. The average molecular weight is 423 g/mol. The van der Waals surface area contributed by atoms with Crippen LogP contribution in [-0.4, -0.2) is 52.0 Å². The van der Waals surface area contributed by atoms with Crippen LogP contribution in [0.1, 0.15) is 25.8 Å². The molecule has 2 rings (SSSR count). The third kappa shape index (κ3) is 4.92. The lowest BCUT2D eigenvalue weighted by atomic mass is 10.3. The number of nitrogens with zero attached hydrogens (tertiary/aromatic N) is 3. The molecule has 0 fully saturated rings. The summed E-state index contributed by atoms with van der Waals surface area (Å²) in [6.45, 7) is 7.64. The smallest absolute Gasteiger partial charge is 0.335 e. The summed E-state index contributed by atoms with van der Waals surface area (Å²) in [6.07, 6.45) is 2.17. The van der Waals surface area contributed by atoms with Crippen molar-refractivity contribution in [2.24, 2.45) is 4.99 Å². The zero-order valence-electron chi connectivity index (χ0n) is 14.9. The number of aromatic hydroxyl groups is 1. The summed E-state index contributed by atoms with van der Waals surface area (Å²) in [7, 11) is 0. The first-order valence-corrected chi connectivity index (χ1v) is 9.33. The molecule has 1 aromatic carbocycles. The third-order valence-corrected chi connectivity index (χ3v) is 4.61. The Bertz CT molecular complexity index is 867. The van der Waals surface area contributed by atoms with Crippen LogP contribution in [0.2, 0.25) is 0 Å². The molecule has 7 nitrogen and oxygen atoms in total. The van der Waals surface area contributed by atoms with Crippen molar-refractivity contribution in [2.75, 3.05) is 26.2 Å².